The van der Waals surface area contributed by atoms with Crippen LogP contribution in [-0.2, 0) is 0 Å². The van der Waals surface area contributed by atoms with Crippen LogP contribution in [0.4, 0.5) is 11.4 Å². The fourth-order valence-electron chi connectivity index (χ4n) is 1.89. The Hall–Kier alpha value is -2.69. The molecule has 0 atom stereocenters. The summed E-state index contributed by atoms with van der Waals surface area (Å²) in [6.07, 6.45) is 0. The second-order valence-corrected chi connectivity index (χ2v) is 4.24. The number of anilines is 2. The summed E-state index contributed by atoms with van der Waals surface area (Å²) in [5, 5.41) is 0. The first kappa shape index (κ1) is 13.7. The quantitative estimate of drug-likeness (QED) is 0.657. The molecular formula is C15H16N2O3. The lowest BCUT2D eigenvalue weighted by atomic mass is 10.0. The molecule has 0 saturated heterocycles. The van der Waals surface area contributed by atoms with Crippen molar-refractivity contribution in [2.24, 2.45) is 0 Å². The maximum atomic E-state index is 12.4. The third-order valence-corrected chi connectivity index (χ3v) is 2.99. The molecule has 5 nitrogen and oxygen atoms in total. The lowest BCUT2D eigenvalue weighted by Crippen LogP contribution is -2.04. The van der Waals surface area contributed by atoms with Crippen LogP contribution in [0.25, 0.3) is 0 Å². The van der Waals surface area contributed by atoms with Gasteiger partial charge in [-0.05, 0) is 36.4 Å². The highest BCUT2D eigenvalue weighted by Crippen LogP contribution is 2.26. The van der Waals surface area contributed by atoms with Gasteiger partial charge in [0.1, 0.15) is 11.5 Å². The molecule has 0 aliphatic rings. The Morgan fingerprint density at radius 3 is 2.05 bits per heavy atom. The molecule has 5 heteroatoms. The van der Waals surface area contributed by atoms with E-state index in [4.69, 9.17) is 20.9 Å². The zero-order valence-electron chi connectivity index (χ0n) is 11.3. The van der Waals surface area contributed by atoms with Crippen molar-refractivity contribution in [3.63, 3.8) is 0 Å². The molecule has 0 radical (unpaired) electrons. The highest BCUT2D eigenvalue weighted by molar-refractivity contribution is 6.10. The molecule has 0 amide bonds. The smallest absolute Gasteiger partial charge is 0.193 e. The first-order valence-corrected chi connectivity index (χ1v) is 5.98. The first-order valence-electron chi connectivity index (χ1n) is 5.98. The molecule has 104 valence electrons. The second kappa shape index (κ2) is 5.52. The summed E-state index contributed by atoms with van der Waals surface area (Å²) in [4.78, 5) is 12.4. The lowest BCUT2D eigenvalue weighted by molar-refractivity contribution is 0.103. The number of hydrogen-bond donors (Lipinski definition) is 2. The van der Waals surface area contributed by atoms with Gasteiger partial charge in [-0.1, -0.05) is 0 Å². The molecule has 2 rings (SSSR count). The SMILES string of the molecule is COc1ccc(C(=O)c2ccc(N)c(OC)c2)cc1N. The number of methoxy groups -OCH3 is 2. The molecule has 0 spiro atoms. The fraction of sp³-hybridized carbons (Fsp3) is 0.133. The number of benzene rings is 2. The van der Waals surface area contributed by atoms with Gasteiger partial charge >= 0.3 is 0 Å². The molecule has 2 aromatic rings. The van der Waals surface area contributed by atoms with Gasteiger partial charge in [0, 0.05) is 11.1 Å². The van der Waals surface area contributed by atoms with E-state index in [9.17, 15) is 4.79 Å². The van der Waals surface area contributed by atoms with Crippen LogP contribution in [0, 0.1) is 0 Å². The Labute approximate surface area is 117 Å². The topological polar surface area (TPSA) is 87.6 Å². The molecule has 20 heavy (non-hydrogen) atoms. The van der Waals surface area contributed by atoms with Crippen molar-refractivity contribution in [2.45, 2.75) is 0 Å². The van der Waals surface area contributed by atoms with Crippen molar-refractivity contribution in [1.82, 2.24) is 0 Å². The maximum Gasteiger partial charge on any atom is 0.193 e. The third kappa shape index (κ3) is 2.51. The number of ether oxygens (including phenoxy) is 2. The largest absolute Gasteiger partial charge is 0.495 e. The van der Waals surface area contributed by atoms with E-state index in [-0.39, 0.29) is 5.78 Å². The van der Waals surface area contributed by atoms with Gasteiger partial charge in [0.05, 0.1) is 25.6 Å². The lowest BCUT2D eigenvalue weighted by Gasteiger charge is -2.09. The molecule has 0 bridgehead atoms. The summed E-state index contributed by atoms with van der Waals surface area (Å²) < 4.78 is 10.2. The van der Waals surface area contributed by atoms with Crippen LogP contribution < -0.4 is 20.9 Å². The Morgan fingerprint density at radius 1 is 0.850 bits per heavy atom. The van der Waals surface area contributed by atoms with E-state index < -0.39 is 0 Å². The Balaban J connectivity index is 2.38. The molecular weight excluding hydrogens is 256 g/mol. The van der Waals surface area contributed by atoms with Gasteiger partial charge < -0.3 is 20.9 Å². The Morgan fingerprint density at radius 2 is 1.45 bits per heavy atom. The normalized spacial score (nSPS) is 10.1. The molecule has 2 aromatic carbocycles. The third-order valence-electron chi connectivity index (χ3n) is 2.99. The molecule has 0 unspecified atom stereocenters. The minimum atomic E-state index is -0.155. The molecule has 0 fully saturated rings. The van der Waals surface area contributed by atoms with Crippen molar-refractivity contribution >= 4 is 17.2 Å². The van der Waals surface area contributed by atoms with Crippen molar-refractivity contribution in [3.05, 3.63) is 47.5 Å². The molecule has 0 aromatic heterocycles. The van der Waals surface area contributed by atoms with Crippen molar-refractivity contribution in [1.29, 1.82) is 0 Å². The zero-order chi connectivity index (χ0) is 14.7. The zero-order valence-corrected chi connectivity index (χ0v) is 11.3. The van der Waals surface area contributed by atoms with Crippen LogP contribution in [0.3, 0.4) is 0 Å². The first-order chi connectivity index (χ1) is 9.56. The Kier molecular flexibility index (Phi) is 3.79. The number of ketones is 1. The van der Waals surface area contributed by atoms with Crippen LogP contribution in [0.15, 0.2) is 36.4 Å². The van der Waals surface area contributed by atoms with Crippen LogP contribution in [-0.4, -0.2) is 20.0 Å². The van der Waals surface area contributed by atoms with Crippen molar-refractivity contribution < 1.29 is 14.3 Å². The average Bonchev–Trinajstić information content (AvgIpc) is 2.47. The van der Waals surface area contributed by atoms with E-state index in [1.807, 2.05) is 0 Å². The summed E-state index contributed by atoms with van der Waals surface area (Å²) in [7, 11) is 3.03. The second-order valence-electron chi connectivity index (χ2n) is 4.24. The molecule has 4 N–H and O–H groups in total. The van der Waals surface area contributed by atoms with Crippen LogP contribution in [0.2, 0.25) is 0 Å². The average molecular weight is 272 g/mol. The van der Waals surface area contributed by atoms with E-state index in [0.29, 0.717) is 34.0 Å². The monoisotopic (exact) mass is 272 g/mol. The molecule has 0 heterocycles. The van der Waals surface area contributed by atoms with Gasteiger partial charge in [0.25, 0.3) is 0 Å². The summed E-state index contributed by atoms with van der Waals surface area (Å²) in [5.41, 5.74) is 13.4. The van der Waals surface area contributed by atoms with E-state index in [2.05, 4.69) is 0 Å². The van der Waals surface area contributed by atoms with Crippen molar-refractivity contribution in [3.8, 4) is 11.5 Å². The maximum absolute atomic E-state index is 12.4. The number of carbonyl (C=O) groups excluding carboxylic acids is 1. The van der Waals surface area contributed by atoms with Gasteiger partial charge in [0.2, 0.25) is 0 Å². The molecule has 0 saturated carbocycles. The minimum Gasteiger partial charge on any atom is -0.495 e. The minimum absolute atomic E-state index is 0.155. The standard InChI is InChI=1S/C15H16N2O3/c1-19-13-6-4-9(7-12(13)17)15(18)10-3-5-11(16)14(8-10)20-2/h3-8H,16-17H2,1-2H3. The van der Waals surface area contributed by atoms with Crippen LogP contribution in [0.1, 0.15) is 15.9 Å². The highest BCUT2D eigenvalue weighted by atomic mass is 16.5. The predicted octanol–water partition coefficient (Wildman–Crippen LogP) is 2.10. The predicted molar refractivity (Wildman–Crippen MR) is 78.2 cm³/mol. The van der Waals surface area contributed by atoms with Gasteiger partial charge in [0.15, 0.2) is 5.78 Å². The number of carbonyl (C=O) groups is 1. The van der Waals surface area contributed by atoms with Gasteiger partial charge in [-0.15, -0.1) is 0 Å². The molecule has 0 aliphatic heterocycles. The van der Waals surface area contributed by atoms with Crippen LogP contribution >= 0.6 is 0 Å². The summed E-state index contributed by atoms with van der Waals surface area (Å²) in [6.45, 7) is 0. The highest BCUT2D eigenvalue weighted by Gasteiger charge is 2.13. The van der Waals surface area contributed by atoms with E-state index >= 15 is 0 Å². The summed E-state index contributed by atoms with van der Waals surface area (Å²) in [5.74, 6) is 0.853. The Bertz CT molecular complexity index is 654. The van der Waals surface area contributed by atoms with E-state index in [1.54, 1.807) is 36.4 Å². The van der Waals surface area contributed by atoms with Crippen LogP contribution in [0.5, 0.6) is 11.5 Å². The number of nitrogens with two attached hydrogens (primary N) is 2. The van der Waals surface area contributed by atoms with Crippen molar-refractivity contribution in [2.75, 3.05) is 25.7 Å². The molecule has 0 aliphatic carbocycles. The van der Waals surface area contributed by atoms with E-state index in [1.165, 1.54) is 14.2 Å². The van der Waals surface area contributed by atoms with Gasteiger partial charge in [-0.3, -0.25) is 4.79 Å². The summed E-state index contributed by atoms with van der Waals surface area (Å²) in [6, 6.07) is 9.82. The number of hydrogen-bond acceptors (Lipinski definition) is 5. The summed E-state index contributed by atoms with van der Waals surface area (Å²) >= 11 is 0. The number of rotatable bonds is 4. The van der Waals surface area contributed by atoms with Gasteiger partial charge in [-0.25, -0.2) is 0 Å². The van der Waals surface area contributed by atoms with Gasteiger partial charge in [-0.2, -0.15) is 0 Å². The van der Waals surface area contributed by atoms with E-state index in [0.717, 1.165) is 0 Å². The number of nitrogen functional groups attached to an aromatic ring is 2. The fourth-order valence-corrected chi connectivity index (χ4v) is 1.89.